The number of morpholine rings is 1. The van der Waals surface area contributed by atoms with Crippen molar-refractivity contribution >= 4 is 11.7 Å². The maximum Gasteiger partial charge on any atom is 0.233 e. The van der Waals surface area contributed by atoms with Crippen LogP contribution in [0.4, 0.5) is 0 Å². The van der Waals surface area contributed by atoms with Crippen LogP contribution in [0.5, 0.6) is 0 Å². The van der Waals surface area contributed by atoms with E-state index in [2.05, 4.69) is 5.16 Å². The molecule has 6 heteroatoms. The van der Waals surface area contributed by atoms with Crippen molar-refractivity contribution in [2.45, 2.75) is 46.3 Å². The standard InChI is InChI=1S/C13H25N3O3/c1-8(2)10(11(14)15-18)12(17)16-6-9(3)19-13(4,5)7-16/h8-10,18H,6-7H2,1-5H3,(H2,14,15). The quantitative estimate of drug-likeness (QED) is 0.347. The lowest BCUT2D eigenvalue weighted by Gasteiger charge is -2.43. The van der Waals surface area contributed by atoms with Gasteiger partial charge in [-0.3, -0.25) is 4.79 Å². The summed E-state index contributed by atoms with van der Waals surface area (Å²) in [4.78, 5) is 14.3. The van der Waals surface area contributed by atoms with Gasteiger partial charge in [-0.2, -0.15) is 0 Å². The summed E-state index contributed by atoms with van der Waals surface area (Å²) in [6.45, 7) is 10.7. The molecular formula is C13H25N3O3. The molecule has 1 amide bonds. The lowest BCUT2D eigenvalue weighted by molar-refractivity contribution is -0.160. The number of oxime groups is 1. The first-order chi connectivity index (χ1) is 8.68. The first-order valence-corrected chi connectivity index (χ1v) is 6.62. The summed E-state index contributed by atoms with van der Waals surface area (Å²) >= 11 is 0. The molecule has 1 aliphatic rings. The molecule has 6 nitrogen and oxygen atoms in total. The van der Waals surface area contributed by atoms with Crippen LogP contribution in [0, 0.1) is 11.8 Å². The highest BCUT2D eigenvalue weighted by molar-refractivity contribution is 6.02. The minimum atomic E-state index is -0.592. The molecule has 0 aromatic heterocycles. The molecule has 0 aliphatic carbocycles. The number of carbonyl (C=O) groups excluding carboxylic acids is 1. The Hall–Kier alpha value is -1.30. The number of amides is 1. The second-order valence-corrected chi connectivity index (χ2v) is 6.15. The van der Waals surface area contributed by atoms with Crippen molar-refractivity contribution in [1.82, 2.24) is 4.90 Å². The molecule has 0 bridgehead atoms. The SMILES string of the molecule is CC1CN(C(=O)C(C(N)=NO)C(C)C)CC(C)(C)O1. The van der Waals surface area contributed by atoms with Gasteiger partial charge in [0.15, 0.2) is 5.84 Å². The molecule has 19 heavy (non-hydrogen) atoms. The highest BCUT2D eigenvalue weighted by Gasteiger charge is 2.38. The fourth-order valence-corrected chi connectivity index (χ4v) is 2.63. The van der Waals surface area contributed by atoms with Crippen LogP contribution in [-0.2, 0) is 9.53 Å². The van der Waals surface area contributed by atoms with Crippen LogP contribution in [0.15, 0.2) is 5.16 Å². The average molecular weight is 271 g/mol. The number of hydrogen-bond acceptors (Lipinski definition) is 4. The van der Waals surface area contributed by atoms with Crippen molar-refractivity contribution in [3.8, 4) is 0 Å². The van der Waals surface area contributed by atoms with E-state index in [-0.39, 0.29) is 29.4 Å². The molecule has 1 rings (SSSR count). The normalized spacial score (nSPS) is 25.5. The fourth-order valence-electron chi connectivity index (χ4n) is 2.63. The van der Waals surface area contributed by atoms with E-state index < -0.39 is 5.92 Å². The van der Waals surface area contributed by atoms with Crippen LogP contribution in [0.2, 0.25) is 0 Å². The molecule has 0 aromatic carbocycles. The van der Waals surface area contributed by atoms with Gasteiger partial charge in [-0.05, 0) is 26.7 Å². The molecule has 0 radical (unpaired) electrons. The minimum Gasteiger partial charge on any atom is -0.409 e. The predicted molar refractivity (Wildman–Crippen MR) is 72.9 cm³/mol. The predicted octanol–water partition coefficient (Wildman–Crippen LogP) is 1.03. The van der Waals surface area contributed by atoms with Crippen LogP contribution in [-0.4, -0.2) is 46.6 Å². The Kier molecular flexibility index (Phi) is 4.79. The maximum atomic E-state index is 12.6. The fraction of sp³-hybridized carbons (Fsp3) is 0.846. The molecule has 110 valence electrons. The Morgan fingerprint density at radius 2 is 2.11 bits per heavy atom. The van der Waals surface area contributed by atoms with E-state index in [1.807, 2.05) is 34.6 Å². The van der Waals surface area contributed by atoms with Crippen LogP contribution in [0.25, 0.3) is 0 Å². The van der Waals surface area contributed by atoms with E-state index in [0.29, 0.717) is 13.1 Å². The maximum absolute atomic E-state index is 12.6. The van der Waals surface area contributed by atoms with Gasteiger partial charge >= 0.3 is 0 Å². The third kappa shape index (κ3) is 3.83. The lowest BCUT2D eigenvalue weighted by atomic mass is 9.92. The van der Waals surface area contributed by atoms with Crippen LogP contribution in [0.3, 0.4) is 0 Å². The highest BCUT2D eigenvalue weighted by atomic mass is 16.5. The minimum absolute atomic E-state index is 0.0206. The van der Waals surface area contributed by atoms with Crippen LogP contribution in [0.1, 0.15) is 34.6 Å². The summed E-state index contributed by atoms with van der Waals surface area (Å²) in [7, 11) is 0. The molecule has 0 aromatic rings. The average Bonchev–Trinajstić information content (AvgIpc) is 2.25. The van der Waals surface area contributed by atoms with E-state index in [1.165, 1.54) is 0 Å². The number of rotatable bonds is 3. The molecule has 1 aliphatic heterocycles. The van der Waals surface area contributed by atoms with E-state index in [0.717, 1.165) is 0 Å². The molecule has 1 saturated heterocycles. The van der Waals surface area contributed by atoms with Crippen LogP contribution < -0.4 is 5.73 Å². The van der Waals surface area contributed by atoms with Gasteiger partial charge in [0.05, 0.1) is 11.7 Å². The first-order valence-electron chi connectivity index (χ1n) is 6.62. The number of amidine groups is 1. The largest absolute Gasteiger partial charge is 0.409 e. The van der Waals surface area contributed by atoms with E-state index in [1.54, 1.807) is 4.90 Å². The Labute approximate surface area is 114 Å². The highest BCUT2D eigenvalue weighted by Crippen LogP contribution is 2.24. The molecule has 2 unspecified atom stereocenters. The zero-order valence-corrected chi connectivity index (χ0v) is 12.4. The topological polar surface area (TPSA) is 88.2 Å². The molecular weight excluding hydrogens is 246 g/mol. The Balaban J connectivity index is 2.91. The summed E-state index contributed by atoms with van der Waals surface area (Å²) in [5.41, 5.74) is 5.27. The molecule has 2 atom stereocenters. The second-order valence-electron chi connectivity index (χ2n) is 6.15. The monoisotopic (exact) mass is 271 g/mol. The van der Waals surface area contributed by atoms with Gasteiger partial charge in [0, 0.05) is 13.1 Å². The molecule has 0 saturated carbocycles. The van der Waals surface area contributed by atoms with E-state index in [4.69, 9.17) is 15.7 Å². The Morgan fingerprint density at radius 1 is 1.53 bits per heavy atom. The number of carbonyl (C=O) groups is 1. The van der Waals surface area contributed by atoms with Gasteiger partial charge in [0.2, 0.25) is 5.91 Å². The van der Waals surface area contributed by atoms with Crippen LogP contribution >= 0.6 is 0 Å². The number of hydrogen-bond donors (Lipinski definition) is 2. The summed E-state index contributed by atoms with van der Waals surface area (Å²) in [5, 5.41) is 11.8. The number of nitrogens with two attached hydrogens (primary N) is 1. The zero-order valence-electron chi connectivity index (χ0n) is 12.4. The summed E-state index contributed by atoms with van der Waals surface area (Å²) in [5.74, 6) is -0.749. The Bertz CT molecular complexity index is 366. The number of nitrogens with zero attached hydrogens (tertiary/aromatic N) is 2. The van der Waals surface area contributed by atoms with E-state index in [9.17, 15) is 4.79 Å². The van der Waals surface area contributed by atoms with E-state index >= 15 is 0 Å². The van der Waals surface area contributed by atoms with Gasteiger partial charge in [-0.15, -0.1) is 0 Å². The number of ether oxygens (including phenoxy) is 1. The van der Waals surface area contributed by atoms with Gasteiger partial charge < -0.3 is 20.6 Å². The third-order valence-corrected chi connectivity index (χ3v) is 3.25. The summed E-state index contributed by atoms with van der Waals surface area (Å²) < 4.78 is 5.78. The van der Waals surface area contributed by atoms with Crippen molar-refractivity contribution in [2.75, 3.05) is 13.1 Å². The third-order valence-electron chi connectivity index (χ3n) is 3.25. The summed E-state index contributed by atoms with van der Waals surface area (Å²) in [6.07, 6.45) is -0.0206. The van der Waals surface area contributed by atoms with Crippen molar-refractivity contribution in [1.29, 1.82) is 0 Å². The summed E-state index contributed by atoms with van der Waals surface area (Å²) in [6, 6.07) is 0. The van der Waals surface area contributed by atoms with Crippen molar-refractivity contribution in [2.24, 2.45) is 22.7 Å². The molecule has 0 spiro atoms. The smallest absolute Gasteiger partial charge is 0.233 e. The van der Waals surface area contributed by atoms with Gasteiger partial charge in [-0.1, -0.05) is 19.0 Å². The van der Waals surface area contributed by atoms with Gasteiger partial charge in [0.25, 0.3) is 0 Å². The zero-order chi connectivity index (χ0) is 14.8. The second kappa shape index (κ2) is 5.77. The van der Waals surface area contributed by atoms with Gasteiger partial charge in [-0.25, -0.2) is 0 Å². The first kappa shape index (κ1) is 15.8. The van der Waals surface area contributed by atoms with Gasteiger partial charge in [0.1, 0.15) is 5.92 Å². The lowest BCUT2D eigenvalue weighted by Crippen LogP contribution is -2.56. The van der Waals surface area contributed by atoms with Crippen molar-refractivity contribution in [3.05, 3.63) is 0 Å². The Morgan fingerprint density at radius 3 is 2.53 bits per heavy atom. The van der Waals surface area contributed by atoms with Crippen molar-refractivity contribution < 1.29 is 14.7 Å². The molecule has 3 N–H and O–H groups in total. The molecule has 1 fully saturated rings. The molecule has 1 heterocycles. The van der Waals surface area contributed by atoms with Crippen molar-refractivity contribution in [3.63, 3.8) is 0 Å².